The maximum Gasteiger partial charge on any atom is 0.223 e. The zero-order valence-corrected chi connectivity index (χ0v) is 11.6. The molecule has 0 saturated carbocycles. The Hall–Kier alpha value is -1.42. The van der Waals surface area contributed by atoms with Gasteiger partial charge in [-0.2, -0.15) is 0 Å². The molecular formula is C13H20N3S+. The topological polar surface area (TPSA) is 38.0 Å². The van der Waals surface area contributed by atoms with E-state index in [1.165, 1.54) is 5.56 Å². The molecule has 0 radical (unpaired) electrons. The van der Waals surface area contributed by atoms with Gasteiger partial charge in [-0.15, -0.1) is 10.5 Å². The van der Waals surface area contributed by atoms with Crippen LogP contribution in [0, 0.1) is 0 Å². The predicted molar refractivity (Wildman–Crippen MR) is 76.1 cm³/mol. The summed E-state index contributed by atoms with van der Waals surface area (Å²) in [4.78, 5) is 0. The zero-order valence-electron chi connectivity index (χ0n) is 10.8. The third-order valence-electron chi connectivity index (χ3n) is 2.43. The highest BCUT2D eigenvalue weighted by Gasteiger charge is 2.12. The number of nitrogens with one attached hydrogen (secondary N) is 3. The van der Waals surface area contributed by atoms with Crippen LogP contribution in [0.15, 0.2) is 24.3 Å². The molecule has 4 heteroatoms. The molecule has 3 N–H and O–H groups in total. The van der Waals surface area contributed by atoms with E-state index in [1.54, 1.807) is 7.05 Å². The van der Waals surface area contributed by atoms with Crippen molar-refractivity contribution in [3.63, 3.8) is 0 Å². The second kappa shape index (κ2) is 5.77. The Bertz CT molecular complexity index is 402. The molecule has 0 aliphatic carbocycles. The molecule has 0 amide bonds. The largest absolute Gasteiger partial charge is 0.361 e. The number of hydrazone groups is 1. The summed E-state index contributed by atoms with van der Waals surface area (Å²) in [7, 11) is 1.77. The van der Waals surface area contributed by atoms with Crippen molar-refractivity contribution in [1.29, 1.82) is 0 Å². The van der Waals surface area contributed by atoms with Crippen molar-refractivity contribution in [2.45, 2.75) is 26.2 Å². The normalized spacial score (nSPS) is 11.5. The van der Waals surface area contributed by atoms with Crippen molar-refractivity contribution < 1.29 is 5.10 Å². The molecule has 0 bridgehead atoms. The van der Waals surface area contributed by atoms with Crippen LogP contribution in [0.3, 0.4) is 0 Å². The first-order chi connectivity index (χ1) is 7.93. The molecule has 0 aliphatic rings. The van der Waals surface area contributed by atoms with Crippen LogP contribution in [0.25, 0.3) is 0 Å². The fourth-order valence-corrected chi connectivity index (χ4v) is 1.39. The predicted octanol–water partition coefficient (Wildman–Crippen LogP) is 0.493. The average Bonchev–Trinajstić information content (AvgIpc) is 2.28. The summed E-state index contributed by atoms with van der Waals surface area (Å²) in [6.07, 6.45) is 1.87. The van der Waals surface area contributed by atoms with Crippen molar-refractivity contribution in [1.82, 2.24) is 10.7 Å². The molecule has 0 heterocycles. The van der Waals surface area contributed by atoms with E-state index in [-0.39, 0.29) is 5.41 Å². The van der Waals surface area contributed by atoms with Crippen LogP contribution in [0.2, 0.25) is 0 Å². The summed E-state index contributed by atoms with van der Waals surface area (Å²) in [6.45, 7) is 6.62. The van der Waals surface area contributed by atoms with Gasteiger partial charge in [-0.05, 0) is 35.3 Å². The van der Waals surface area contributed by atoms with Crippen molar-refractivity contribution in [3.8, 4) is 0 Å². The van der Waals surface area contributed by atoms with Gasteiger partial charge >= 0.3 is 0 Å². The molecule has 3 nitrogen and oxygen atoms in total. The smallest absolute Gasteiger partial charge is 0.223 e. The van der Waals surface area contributed by atoms with Gasteiger partial charge in [-0.3, -0.25) is 0 Å². The molecule has 17 heavy (non-hydrogen) atoms. The fourth-order valence-electron chi connectivity index (χ4n) is 1.33. The van der Waals surface area contributed by atoms with Crippen LogP contribution in [-0.4, -0.2) is 18.4 Å². The van der Waals surface area contributed by atoms with Crippen molar-refractivity contribution >= 4 is 23.5 Å². The third kappa shape index (κ3) is 4.53. The van der Waals surface area contributed by atoms with Crippen LogP contribution in [-0.2, 0) is 5.41 Å². The summed E-state index contributed by atoms with van der Waals surface area (Å²) in [5, 5.41) is 6.31. The Balaban J connectivity index is 2.66. The summed E-state index contributed by atoms with van der Waals surface area (Å²) in [5.74, 6) is 0. The Morgan fingerprint density at radius 3 is 2.29 bits per heavy atom. The van der Waals surface area contributed by atoms with E-state index < -0.39 is 0 Å². The molecule has 1 rings (SSSR count). The van der Waals surface area contributed by atoms with Gasteiger partial charge in [0, 0.05) is 12.6 Å². The second-order valence-electron chi connectivity index (χ2n) is 4.86. The van der Waals surface area contributed by atoms with E-state index in [0.29, 0.717) is 5.11 Å². The van der Waals surface area contributed by atoms with Crippen molar-refractivity contribution in [2.75, 3.05) is 7.05 Å². The Labute approximate surface area is 108 Å². The van der Waals surface area contributed by atoms with Gasteiger partial charge in [-0.25, -0.2) is 0 Å². The third-order valence-corrected chi connectivity index (χ3v) is 2.73. The van der Waals surface area contributed by atoms with E-state index in [4.69, 9.17) is 12.2 Å². The molecule has 1 aromatic rings. The van der Waals surface area contributed by atoms with E-state index in [1.807, 2.05) is 6.21 Å². The van der Waals surface area contributed by atoms with E-state index in [2.05, 4.69) is 60.9 Å². The van der Waals surface area contributed by atoms with Crippen LogP contribution < -0.4 is 15.8 Å². The Morgan fingerprint density at radius 1 is 1.24 bits per heavy atom. The molecule has 0 fully saturated rings. The summed E-state index contributed by atoms with van der Waals surface area (Å²) < 4.78 is 0. The van der Waals surface area contributed by atoms with E-state index in [9.17, 15) is 0 Å². The fraction of sp³-hybridized carbons (Fsp3) is 0.385. The van der Waals surface area contributed by atoms with Crippen LogP contribution in [0.1, 0.15) is 31.9 Å². The van der Waals surface area contributed by atoms with E-state index >= 15 is 0 Å². The first kappa shape index (κ1) is 13.6. The minimum absolute atomic E-state index is 0.192. The van der Waals surface area contributed by atoms with Gasteiger partial charge in [0.2, 0.25) is 5.11 Å². The SMILES string of the molecule is CNC(=S)N[NH+]=Cc1ccc(C(C)(C)C)cc1. The lowest BCUT2D eigenvalue weighted by Gasteiger charge is -2.18. The van der Waals surface area contributed by atoms with Gasteiger partial charge in [0.05, 0.1) is 0 Å². The average molecular weight is 250 g/mol. The Kier molecular flexibility index (Phi) is 4.63. The number of hydrazine groups is 1. The molecule has 0 spiro atoms. The standard InChI is InChI=1S/C13H19N3S/c1-13(2,3)11-7-5-10(6-8-11)9-15-16-12(17)14-4/h5-9H,1-4H3,(H2,14,16,17)/p+1. The Morgan fingerprint density at radius 2 is 1.82 bits per heavy atom. The monoisotopic (exact) mass is 250 g/mol. The maximum atomic E-state index is 4.94. The minimum atomic E-state index is 0.192. The summed E-state index contributed by atoms with van der Waals surface area (Å²) in [6, 6.07) is 8.45. The van der Waals surface area contributed by atoms with E-state index in [0.717, 1.165) is 5.56 Å². The highest BCUT2D eigenvalue weighted by molar-refractivity contribution is 7.80. The van der Waals surface area contributed by atoms with Gasteiger partial charge in [-0.1, -0.05) is 32.9 Å². The summed E-state index contributed by atoms with van der Waals surface area (Å²) >= 11 is 4.94. The highest BCUT2D eigenvalue weighted by atomic mass is 32.1. The molecule has 0 unspecified atom stereocenters. The van der Waals surface area contributed by atoms with Gasteiger partial charge in [0.15, 0.2) is 6.21 Å². The van der Waals surface area contributed by atoms with Gasteiger partial charge in [0.1, 0.15) is 0 Å². The number of hydrogen-bond donors (Lipinski definition) is 3. The number of thiocarbonyl (C=S) groups is 1. The molecule has 0 atom stereocenters. The zero-order chi connectivity index (χ0) is 12.9. The van der Waals surface area contributed by atoms with Crippen LogP contribution in [0.4, 0.5) is 0 Å². The second-order valence-corrected chi connectivity index (χ2v) is 5.27. The number of hydrogen-bond acceptors (Lipinski definition) is 1. The molecule has 0 saturated heterocycles. The number of rotatable bonds is 2. The lowest BCUT2D eigenvalue weighted by atomic mass is 9.87. The maximum absolute atomic E-state index is 4.94. The quantitative estimate of drug-likeness (QED) is 0.406. The highest BCUT2D eigenvalue weighted by Crippen LogP contribution is 2.21. The minimum Gasteiger partial charge on any atom is -0.361 e. The van der Waals surface area contributed by atoms with Crippen LogP contribution in [0.5, 0.6) is 0 Å². The lowest BCUT2D eigenvalue weighted by Crippen LogP contribution is -2.82. The first-order valence-electron chi connectivity index (χ1n) is 5.60. The van der Waals surface area contributed by atoms with Crippen molar-refractivity contribution in [2.24, 2.45) is 0 Å². The van der Waals surface area contributed by atoms with Crippen LogP contribution >= 0.6 is 12.2 Å². The lowest BCUT2D eigenvalue weighted by molar-refractivity contribution is -0.500. The molecule has 0 aliphatic heterocycles. The molecular weight excluding hydrogens is 230 g/mol. The van der Waals surface area contributed by atoms with Gasteiger partial charge < -0.3 is 5.32 Å². The molecule has 92 valence electrons. The number of benzene rings is 1. The molecule has 0 aromatic heterocycles. The van der Waals surface area contributed by atoms with Gasteiger partial charge in [0.25, 0.3) is 0 Å². The summed E-state index contributed by atoms with van der Waals surface area (Å²) in [5.41, 5.74) is 5.46. The van der Waals surface area contributed by atoms with Crippen molar-refractivity contribution in [3.05, 3.63) is 35.4 Å². The molecule has 1 aromatic carbocycles. The first-order valence-corrected chi connectivity index (χ1v) is 6.01.